The lowest BCUT2D eigenvalue weighted by atomic mass is 9.96. The third-order valence-corrected chi connectivity index (χ3v) is 3.93. The maximum absolute atomic E-state index is 12.1. The van der Waals surface area contributed by atoms with Gasteiger partial charge in [-0.2, -0.15) is 5.10 Å². The highest BCUT2D eigenvalue weighted by Gasteiger charge is 2.17. The van der Waals surface area contributed by atoms with Crippen LogP contribution in [-0.4, -0.2) is 38.8 Å². The molecule has 0 aromatic carbocycles. The maximum Gasteiger partial charge on any atom is 0.252 e. The fourth-order valence-corrected chi connectivity index (χ4v) is 2.44. The lowest BCUT2D eigenvalue weighted by Gasteiger charge is -2.20. The number of amides is 1. The monoisotopic (exact) mass is 290 g/mol. The molecule has 0 fully saturated rings. The number of hydrogen-bond donors (Lipinski definition) is 3. The summed E-state index contributed by atoms with van der Waals surface area (Å²) in [5, 5.41) is 20.5. The highest BCUT2D eigenvalue weighted by atomic mass is 16.3. The third kappa shape index (κ3) is 3.39. The molecule has 6 nitrogen and oxygen atoms in total. The molecule has 6 heteroatoms. The molecule has 0 saturated heterocycles. The molecule has 1 unspecified atom stereocenters. The Kier molecular flexibility index (Phi) is 4.90. The number of hydrogen-bond acceptors (Lipinski definition) is 4. The van der Waals surface area contributed by atoms with E-state index in [0.717, 1.165) is 23.9 Å². The molecule has 0 aliphatic carbocycles. The Balaban J connectivity index is 2.03. The summed E-state index contributed by atoms with van der Waals surface area (Å²) in [5.74, 6) is -0.0166. The molecule has 1 amide bonds. The van der Waals surface area contributed by atoms with Crippen LogP contribution in [0.15, 0.2) is 12.3 Å². The molecule has 0 bridgehead atoms. The zero-order valence-electron chi connectivity index (χ0n) is 12.7. The van der Waals surface area contributed by atoms with Crippen LogP contribution in [0.5, 0.6) is 0 Å². The Labute approximate surface area is 124 Å². The van der Waals surface area contributed by atoms with Gasteiger partial charge in [-0.3, -0.25) is 9.89 Å². The summed E-state index contributed by atoms with van der Waals surface area (Å²) in [6.45, 7) is 6.22. The molecule has 0 spiro atoms. The van der Waals surface area contributed by atoms with Crippen molar-refractivity contribution in [3.63, 3.8) is 0 Å². The van der Waals surface area contributed by atoms with E-state index in [1.807, 2.05) is 20.8 Å². The smallest absolute Gasteiger partial charge is 0.252 e. The van der Waals surface area contributed by atoms with Gasteiger partial charge in [0.05, 0.1) is 11.7 Å². The van der Waals surface area contributed by atoms with Gasteiger partial charge in [0, 0.05) is 23.8 Å². The van der Waals surface area contributed by atoms with Crippen molar-refractivity contribution in [3.8, 4) is 0 Å². The second-order valence-corrected chi connectivity index (χ2v) is 5.30. The molecule has 2 heterocycles. The fourth-order valence-electron chi connectivity index (χ4n) is 2.44. The molecular weight excluding hydrogens is 268 g/mol. The lowest BCUT2D eigenvalue weighted by Crippen LogP contribution is -2.36. The number of aromatic amines is 1. The number of nitrogens with one attached hydrogen (secondary N) is 2. The second kappa shape index (κ2) is 6.67. The highest BCUT2D eigenvalue weighted by Crippen LogP contribution is 2.15. The van der Waals surface area contributed by atoms with Crippen LogP contribution in [0, 0.1) is 12.8 Å². The summed E-state index contributed by atoms with van der Waals surface area (Å²) in [7, 11) is 0. The molecule has 21 heavy (non-hydrogen) atoms. The molecular formula is C15H22N4O2. The van der Waals surface area contributed by atoms with Crippen LogP contribution in [-0.2, 0) is 0 Å². The summed E-state index contributed by atoms with van der Waals surface area (Å²) in [6, 6.07) is 1.76. The van der Waals surface area contributed by atoms with Crippen LogP contribution >= 0.6 is 0 Å². The number of pyridine rings is 1. The maximum atomic E-state index is 12.1. The first-order chi connectivity index (χ1) is 10.1. The molecule has 2 aromatic rings. The van der Waals surface area contributed by atoms with Gasteiger partial charge in [0.1, 0.15) is 0 Å². The van der Waals surface area contributed by atoms with Crippen LogP contribution in [0.25, 0.3) is 11.0 Å². The molecule has 2 aromatic heterocycles. The summed E-state index contributed by atoms with van der Waals surface area (Å²) in [5.41, 5.74) is 1.95. The largest absolute Gasteiger partial charge is 0.391 e. The SMILES string of the molecule is CCC(CC)C(O)CNC(=O)c1cnc2n[nH]c(C)c2c1. The number of rotatable bonds is 6. The van der Waals surface area contributed by atoms with Crippen molar-refractivity contribution in [2.75, 3.05) is 6.54 Å². The van der Waals surface area contributed by atoms with Crippen molar-refractivity contribution in [1.29, 1.82) is 0 Å². The summed E-state index contributed by atoms with van der Waals surface area (Å²) in [4.78, 5) is 16.3. The molecule has 3 N–H and O–H groups in total. The average molecular weight is 290 g/mol. The van der Waals surface area contributed by atoms with Crippen LogP contribution < -0.4 is 5.32 Å². The fraction of sp³-hybridized carbons (Fsp3) is 0.533. The van der Waals surface area contributed by atoms with Gasteiger partial charge in [-0.1, -0.05) is 26.7 Å². The number of aromatic nitrogens is 3. The van der Waals surface area contributed by atoms with Crippen molar-refractivity contribution in [2.45, 2.75) is 39.7 Å². The van der Waals surface area contributed by atoms with E-state index in [4.69, 9.17) is 0 Å². The van der Waals surface area contributed by atoms with E-state index in [9.17, 15) is 9.90 Å². The Bertz CT molecular complexity index is 619. The zero-order valence-corrected chi connectivity index (χ0v) is 12.7. The van der Waals surface area contributed by atoms with Gasteiger partial charge < -0.3 is 10.4 Å². The van der Waals surface area contributed by atoms with E-state index in [0.29, 0.717) is 11.2 Å². The van der Waals surface area contributed by atoms with Crippen molar-refractivity contribution in [2.24, 2.45) is 5.92 Å². The number of nitrogens with zero attached hydrogens (tertiary/aromatic N) is 2. The predicted octanol–water partition coefficient (Wildman–Crippen LogP) is 1.79. The van der Waals surface area contributed by atoms with E-state index in [-0.39, 0.29) is 18.4 Å². The van der Waals surface area contributed by atoms with Gasteiger partial charge in [-0.05, 0) is 18.9 Å². The minimum atomic E-state index is -0.517. The van der Waals surface area contributed by atoms with E-state index < -0.39 is 6.10 Å². The standard InChI is InChI=1S/C15H22N4O2/c1-4-10(5-2)13(20)8-17-15(21)11-6-12-9(3)18-19-14(12)16-7-11/h6-7,10,13,20H,4-5,8H2,1-3H3,(H,17,21)(H,16,18,19). The summed E-state index contributed by atoms with van der Waals surface area (Å²) >= 11 is 0. The van der Waals surface area contributed by atoms with Gasteiger partial charge in [0.15, 0.2) is 5.65 Å². The van der Waals surface area contributed by atoms with E-state index in [1.54, 1.807) is 6.07 Å². The quantitative estimate of drug-likeness (QED) is 0.756. The van der Waals surface area contributed by atoms with E-state index in [2.05, 4.69) is 20.5 Å². The number of carbonyl (C=O) groups is 1. The normalized spacial score (nSPS) is 12.8. The molecule has 0 aliphatic rings. The van der Waals surface area contributed by atoms with Crippen LogP contribution in [0.1, 0.15) is 42.7 Å². The lowest BCUT2D eigenvalue weighted by molar-refractivity contribution is 0.0816. The first kappa shape index (κ1) is 15.4. The molecule has 0 saturated carbocycles. The van der Waals surface area contributed by atoms with Crippen molar-refractivity contribution < 1.29 is 9.90 Å². The minimum Gasteiger partial charge on any atom is -0.391 e. The van der Waals surface area contributed by atoms with Gasteiger partial charge in [-0.25, -0.2) is 4.98 Å². The average Bonchev–Trinajstić information content (AvgIpc) is 2.87. The Morgan fingerprint density at radius 1 is 1.43 bits per heavy atom. The predicted molar refractivity (Wildman–Crippen MR) is 81.0 cm³/mol. The van der Waals surface area contributed by atoms with Crippen molar-refractivity contribution in [1.82, 2.24) is 20.5 Å². The summed E-state index contributed by atoms with van der Waals surface area (Å²) in [6.07, 6.45) is 2.78. The number of aliphatic hydroxyl groups excluding tert-OH is 1. The molecule has 1 atom stereocenters. The number of carbonyl (C=O) groups excluding carboxylic acids is 1. The number of aliphatic hydroxyl groups is 1. The Hall–Kier alpha value is -1.95. The Morgan fingerprint density at radius 3 is 2.81 bits per heavy atom. The van der Waals surface area contributed by atoms with Crippen LogP contribution in [0.3, 0.4) is 0 Å². The van der Waals surface area contributed by atoms with Crippen molar-refractivity contribution in [3.05, 3.63) is 23.5 Å². The van der Waals surface area contributed by atoms with Crippen molar-refractivity contribution >= 4 is 16.9 Å². The topological polar surface area (TPSA) is 90.9 Å². The first-order valence-electron chi connectivity index (χ1n) is 7.33. The Morgan fingerprint density at radius 2 is 2.14 bits per heavy atom. The number of fused-ring (bicyclic) bond motifs is 1. The second-order valence-electron chi connectivity index (χ2n) is 5.30. The van der Waals surface area contributed by atoms with Gasteiger partial charge in [-0.15, -0.1) is 0 Å². The van der Waals surface area contributed by atoms with Gasteiger partial charge in [0.25, 0.3) is 5.91 Å². The van der Waals surface area contributed by atoms with Gasteiger partial charge in [0.2, 0.25) is 0 Å². The van der Waals surface area contributed by atoms with Crippen LogP contribution in [0.4, 0.5) is 0 Å². The third-order valence-electron chi connectivity index (χ3n) is 3.93. The molecule has 0 aliphatic heterocycles. The first-order valence-corrected chi connectivity index (χ1v) is 7.33. The van der Waals surface area contributed by atoms with E-state index in [1.165, 1.54) is 6.20 Å². The van der Waals surface area contributed by atoms with E-state index >= 15 is 0 Å². The molecule has 114 valence electrons. The zero-order chi connectivity index (χ0) is 15.4. The number of aryl methyl sites for hydroxylation is 1. The molecule has 2 rings (SSSR count). The minimum absolute atomic E-state index is 0.210. The molecule has 0 radical (unpaired) electrons. The highest BCUT2D eigenvalue weighted by molar-refractivity contribution is 5.97. The van der Waals surface area contributed by atoms with Crippen LogP contribution in [0.2, 0.25) is 0 Å². The van der Waals surface area contributed by atoms with Gasteiger partial charge >= 0.3 is 0 Å². The number of H-pyrrole nitrogens is 1. The summed E-state index contributed by atoms with van der Waals surface area (Å²) < 4.78 is 0.